The number of nitrogens with one attached hydrogen (secondary N) is 2. The summed E-state index contributed by atoms with van der Waals surface area (Å²) in [5.41, 5.74) is 15.0. The molecule has 6 N–H and O–H groups in total. The van der Waals surface area contributed by atoms with Gasteiger partial charge < -0.3 is 27.0 Å². The summed E-state index contributed by atoms with van der Waals surface area (Å²) in [6.07, 6.45) is 0. The predicted molar refractivity (Wildman–Crippen MR) is 102 cm³/mol. The number of rotatable bonds is 3. The zero-order chi connectivity index (χ0) is 16.9. The lowest BCUT2D eigenvalue weighted by atomic mass is 10.2. The minimum Gasteiger partial charge on any atom is -0.397 e. The summed E-state index contributed by atoms with van der Waals surface area (Å²) < 4.78 is 0. The Kier molecular flexibility index (Phi) is 5.08. The molecule has 1 heterocycles. The van der Waals surface area contributed by atoms with E-state index in [1.165, 1.54) is 5.69 Å². The van der Waals surface area contributed by atoms with Gasteiger partial charge in [-0.1, -0.05) is 11.6 Å². The standard InChI is InChI=1S/C17H21ClN6/c18-12-1-6-15(19)16(11-12)23-17(20)22-13-2-4-14(5-3-13)24-9-7-21-8-10-24/h1-6,11,21H,7-10,19H2,(H3,20,22,23). The van der Waals surface area contributed by atoms with Crippen molar-refractivity contribution in [1.29, 1.82) is 0 Å². The van der Waals surface area contributed by atoms with E-state index in [0.29, 0.717) is 16.4 Å². The maximum atomic E-state index is 5.96. The number of hydrogen-bond donors (Lipinski definition) is 4. The lowest BCUT2D eigenvalue weighted by molar-refractivity contribution is 0.589. The van der Waals surface area contributed by atoms with Crippen LogP contribution in [0.1, 0.15) is 0 Å². The Morgan fingerprint density at radius 3 is 2.54 bits per heavy atom. The van der Waals surface area contributed by atoms with Crippen LogP contribution in [-0.4, -0.2) is 32.1 Å². The van der Waals surface area contributed by atoms with E-state index in [0.717, 1.165) is 31.9 Å². The quantitative estimate of drug-likeness (QED) is 0.390. The number of halogens is 1. The molecule has 1 aliphatic heterocycles. The summed E-state index contributed by atoms with van der Waals surface area (Å²) in [7, 11) is 0. The first-order valence-corrected chi connectivity index (χ1v) is 8.21. The monoisotopic (exact) mass is 344 g/mol. The van der Waals surface area contributed by atoms with E-state index >= 15 is 0 Å². The van der Waals surface area contributed by atoms with Crippen molar-refractivity contribution < 1.29 is 0 Å². The van der Waals surface area contributed by atoms with Crippen LogP contribution < -0.4 is 27.0 Å². The number of benzene rings is 2. The van der Waals surface area contributed by atoms with Crippen LogP contribution in [0.3, 0.4) is 0 Å². The molecule has 126 valence electrons. The van der Waals surface area contributed by atoms with Crippen LogP contribution in [0, 0.1) is 0 Å². The van der Waals surface area contributed by atoms with Crippen molar-refractivity contribution in [3.63, 3.8) is 0 Å². The molecule has 0 bridgehead atoms. The van der Waals surface area contributed by atoms with Crippen molar-refractivity contribution in [2.24, 2.45) is 10.7 Å². The number of anilines is 3. The Morgan fingerprint density at radius 2 is 1.83 bits per heavy atom. The zero-order valence-corrected chi connectivity index (χ0v) is 14.1. The van der Waals surface area contributed by atoms with E-state index in [2.05, 4.69) is 32.7 Å². The second-order valence-electron chi connectivity index (χ2n) is 5.61. The normalized spacial score (nSPS) is 15.4. The minimum atomic E-state index is 0.263. The van der Waals surface area contributed by atoms with E-state index in [4.69, 9.17) is 23.1 Å². The van der Waals surface area contributed by atoms with Crippen molar-refractivity contribution in [3.05, 3.63) is 47.5 Å². The van der Waals surface area contributed by atoms with Crippen molar-refractivity contribution in [1.82, 2.24) is 5.32 Å². The lowest BCUT2D eigenvalue weighted by Gasteiger charge is -2.29. The van der Waals surface area contributed by atoms with Gasteiger partial charge in [-0.05, 0) is 42.5 Å². The van der Waals surface area contributed by atoms with Crippen molar-refractivity contribution in [2.45, 2.75) is 0 Å². The first-order valence-electron chi connectivity index (χ1n) is 7.84. The third-order valence-corrected chi connectivity index (χ3v) is 4.09. The van der Waals surface area contributed by atoms with E-state index in [1.54, 1.807) is 18.2 Å². The number of hydrogen-bond acceptors (Lipinski definition) is 4. The van der Waals surface area contributed by atoms with Crippen LogP contribution in [0.15, 0.2) is 47.5 Å². The van der Waals surface area contributed by atoms with Crippen LogP contribution >= 0.6 is 11.6 Å². The van der Waals surface area contributed by atoms with Gasteiger partial charge in [-0.15, -0.1) is 0 Å². The molecule has 0 atom stereocenters. The molecular weight excluding hydrogens is 324 g/mol. The van der Waals surface area contributed by atoms with Gasteiger partial charge in [-0.3, -0.25) is 0 Å². The summed E-state index contributed by atoms with van der Waals surface area (Å²) in [5.74, 6) is 0.263. The lowest BCUT2D eigenvalue weighted by Crippen LogP contribution is -2.43. The molecule has 2 aromatic carbocycles. The molecule has 1 fully saturated rings. The molecule has 0 saturated carbocycles. The van der Waals surface area contributed by atoms with Gasteiger partial charge >= 0.3 is 0 Å². The summed E-state index contributed by atoms with van der Waals surface area (Å²) in [6.45, 7) is 4.07. The summed E-state index contributed by atoms with van der Waals surface area (Å²) >= 11 is 5.96. The molecule has 0 radical (unpaired) electrons. The first-order chi connectivity index (χ1) is 11.6. The Hall–Kier alpha value is -2.44. The number of nitrogens with zero attached hydrogens (tertiary/aromatic N) is 2. The molecule has 7 heteroatoms. The number of guanidine groups is 1. The van der Waals surface area contributed by atoms with Gasteiger partial charge in [-0.25, -0.2) is 4.99 Å². The van der Waals surface area contributed by atoms with Gasteiger partial charge in [0.25, 0.3) is 0 Å². The third kappa shape index (κ3) is 4.10. The maximum Gasteiger partial charge on any atom is 0.198 e. The maximum absolute atomic E-state index is 5.96. The highest BCUT2D eigenvalue weighted by Crippen LogP contribution is 2.26. The summed E-state index contributed by atoms with van der Waals surface area (Å²) in [5, 5.41) is 6.98. The fourth-order valence-corrected chi connectivity index (χ4v) is 2.76. The smallest absolute Gasteiger partial charge is 0.198 e. The fraction of sp³-hybridized carbons (Fsp3) is 0.235. The summed E-state index contributed by atoms with van der Waals surface area (Å²) in [6, 6.07) is 13.2. The third-order valence-electron chi connectivity index (χ3n) is 3.86. The Morgan fingerprint density at radius 1 is 1.12 bits per heavy atom. The molecule has 0 aliphatic carbocycles. The van der Waals surface area contributed by atoms with E-state index in [-0.39, 0.29) is 5.96 Å². The SMILES string of the molecule is NC(=Nc1cc(Cl)ccc1N)Nc1ccc(N2CCNCC2)cc1. The minimum absolute atomic E-state index is 0.263. The summed E-state index contributed by atoms with van der Waals surface area (Å²) in [4.78, 5) is 6.63. The van der Waals surface area contributed by atoms with Gasteiger partial charge in [0.1, 0.15) is 0 Å². The molecule has 0 spiro atoms. The molecule has 0 aromatic heterocycles. The molecule has 2 aromatic rings. The molecule has 0 amide bonds. The van der Waals surface area contributed by atoms with Gasteiger partial charge in [0, 0.05) is 42.6 Å². The van der Waals surface area contributed by atoms with Crippen LogP contribution in [-0.2, 0) is 0 Å². The highest BCUT2D eigenvalue weighted by molar-refractivity contribution is 6.31. The molecular formula is C17H21ClN6. The van der Waals surface area contributed by atoms with Crippen LogP contribution in [0.2, 0.25) is 5.02 Å². The van der Waals surface area contributed by atoms with Crippen LogP contribution in [0.25, 0.3) is 0 Å². The molecule has 24 heavy (non-hydrogen) atoms. The molecule has 3 rings (SSSR count). The Labute approximate surface area is 146 Å². The number of piperazine rings is 1. The first kappa shape index (κ1) is 16.4. The highest BCUT2D eigenvalue weighted by Gasteiger charge is 2.10. The van der Waals surface area contributed by atoms with E-state index < -0.39 is 0 Å². The van der Waals surface area contributed by atoms with Crippen molar-refractivity contribution in [3.8, 4) is 0 Å². The largest absolute Gasteiger partial charge is 0.397 e. The van der Waals surface area contributed by atoms with E-state index in [1.807, 2.05) is 12.1 Å². The topological polar surface area (TPSA) is 91.7 Å². The average Bonchev–Trinajstić information content (AvgIpc) is 2.59. The van der Waals surface area contributed by atoms with Crippen LogP contribution in [0.4, 0.5) is 22.7 Å². The van der Waals surface area contributed by atoms with Gasteiger partial charge in [0.15, 0.2) is 5.96 Å². The van der Waals surface area contributed by atoms with Gasteiger partial charge in [0.05, 0.1) is 11.4 Å². The Bertz CT molecular complexity index is 722. The number of aliphatic imine (C=N–C) groups is 1. The number of nitrogens with two attached hydrogens (primary N) is 2. The molecule has 0 unspecified atom stereocenters. The van der Waals surface area contributed by atoms with Crippen molar-refractivity contribution in [2.75, 3.05) is 42.1 Å². The number of nitrogen functional groups attached to an aromatic ring is 1. The molecule has 6 nitrogen and oxygen atoms in total. The van der Waals surface area contributed by atoms with Crippen LogP contribution in [0.5, 0.6) is 0 Å². The van der Waals surface area contributed by atoms with Gasteiger partial charge in [0.2, 0.25) is 0 Å². The van der Waals surface area contributed by atoms with Gasteiger partial charge in [-0.2, -0.15) is 0 Å². The van der Waals surface area contributed by atoms with E-state index in [9.17, 15) is 0 Å². The second-order valence-corrected chi connectivity index (χ2v) is 6.05. The molecule has 1 saturated heterocycles. The second kappa shape index (κ2) is 7.42. The zero-order valence-electron chi connectivity index (χ0n) is 13.3. The average molecular weight is 345 g/mol. The highest BCUT2D eigenvalue weighted by atomic mass is 35.5. The van der Waals surface area contributed by atoms with Crippen molar-refractivity contribution >= 4 is 40.3 Å². The predicted octanol–water partition coefficient (Wildman–Crippen LogP) is 2.39. The Balaban J connectivity index is 1.68. The fourth-order valence-electron chi connectivity index (χ4n) is 2.60. The molecule has 1 aliphatic rings.